The summed E-state index contributed by atoms with van der Waals surface area (Å²) in [4.78, 5) is 0. The molecule has 0 amide bonds. The molecule has 6 nitrogen and oxygen atoms in total. The van der Waals surface area contributed by atoms with Gasteiger partial charge in [-0.25, -0.2) is 0 Å². The van der Waals surface area contributed by atoms with Gasteiger partial charge in [0.1, 0.15) is 16.9 Å². The molecule has 7 heteroatoms. The summed E-state index contributed by atoms with van der Waals surface area (Å²) < 4.78 is 5.72. The average Bonchev–Trinajstić information content (AvgIpc) is 3.18. The molecule has 1 aliphatic rings. The molecule has 0 fully saturated rings. The number of nitriles is 1. The normalized spacial score (nSPS) is 15.6. The Morgan fingerprint density at radius 3 is 2.94 bits per heavy atom. The zero-order chi connectivity index (χ0) is 22.2. The fraction of sp³-hybridized carbons (Fsp3) is 0.375. The Morgan fingerprint density at radius 1 is 1.39 bits per heavy atom. The lowest BCUT2D eigenvalue weighted by molar-refractivity contribution is 0.241. The summed E-state index contributed by atoms with van der Waals surface area (Å²) in [5, 5.41) is 30.9. The van der Waals surface area contributed by atoms with Gasteiger partial charge in [-0.1, -0.05) is 36.0 Å². The van der Waals surface area contributed by atoms with Gasteiger partial charge in [-0.15, -0.1) is 5.10 Å². The molecule has 1 unspecified atom stereocenters. The second-order valence-electron chi connectivity index (χ2n) is 7.59. The minimum atomic E-state index is 0.0144. The Bertz CT molecular complexity index is 998. The van der Waals surface area contributed by atoms with E-state index in [1.807, 2.05) is 38.1 Å². The van der Waals surface area contributed by atoms with Gasteiger partial charge in [-0.05, 0) is 55.5 Å². The highest BCUT2D eigenvalue weighted by atomic mass is 32.2. The number of nitrogens with zero attached hydrogens (tertiary/aromatic N) is 3. The summed E-state index contributed by atoms with van der Waals surface area (Å²) >= 11 is 1.58. The van der Waals surface area contributed by atoms with Crippen LogP contribution in [0.5, 0.6) is 5.75 Å². The predicted octanol–water partition coefficient (Wildman–Crippen LogP) is 4.21. The number of rotatable bonds is 9. The molecule has 2 aromatic rings. The van der Waals surface area contributed by atoms with Crippen molar-refractivity contribution in [2.45, 2.75) is 44.6 Å². The van der Waals surface area contributed by atoms with Gasteiger partial charge in [0.15, 0.2) is 0 Å². The third kappa shape index (κ3) is 5.73. The van der Waals surface area contributed by atoms with Crippen molar-refractivity contribution in [3.05, 3.63) is 64.2 Å². The summed E-state index contributed by atoms with van der Waals surface area (Å²) in [6, 6.07) is 14.4. The van der Waals surface area contributed by atoms with Gasteiger partial charge in [0.2, 0.25) is 0 Å². The Kier molecular flexibility index (Phi) is 8.24. The van der Waals surface area contributed by atoms with Gasteiger partial charge in [-0.3, -0.25) is 0 Å². The fourth-order valence-corrected chi connectivity index (χ4v) is 4.74. The maximum absolute atomic E-state index is 9.48. The topological polar surface area (TPSA) is 90.0 Å². The van der Waals surface area contributed by atoms with E-state index in [2.05, 4.69) is 40.4 Å². The first-order chi connectivity index (χ1) is 15.1. The molecule has 0 bridgehead atoms. The lowest BCUT2D eigenvalue weighted by atomic mass is 10.0. The standard InChI is InChI=1S/C24H28N4O2S/c1-16(2)30-23-10-7-17(13-18(23)14-25)15-31-24(28-26-3)21-6-4-5-20-19(21)8-9-22(20)27-11-12-29/h4-7,10,13,16,22,27,29H,3,8-9,11-12,15H2,1-2H3/b28-24-. The summed E-state index contributed by atoms with van der Waals surface area (Å²) in [5.74, 6) is 1.26. The first-order valence-electron chi connectivity index (χ1n) is 10.4. The van der Waals surface area contributed by atoms with E-state index in [0.29, 0.717) is 23.6 Å². The summed E-state index contributed by atoms with van der Waals surface area (Å²) in [6.45, 7) is 8.14. The quantitative estimate of drug-likeness (QED) is 0.349. The minimum Gasteiger partial charge on any atom is -0.490 e. The number of benzene rings is 2. The Labute approximate surface area is 188 Å². The number of fused-ring (bicyclic) bond motifs is 1. The molecule has 1 aliphatic carbocycles. The van der Waals surface area contributed by atoms with Crippen LogP contribution in [0.15, 0.2) is 46.6 Å². The molecular formula is C24H28N4O2S. The molecule has 162 valence electrons. The van der Waals surface area contributed by atoms with Crippen LogP contribution < -0.4 is 10.1 Å². The van der Waals surface area contributed by atoms with E-state index in [1.54, 1.807) is 11.8 Å². The monoisotopic (exact) mass is 436 g/mol. The van der Waals surface area contributed by atoms with Crippen LogP contribution in [0.1, 0.15) is 54.1 Å². The van der Waals surface area contributed by atoms with Crippen LogP contribution in [0.4, 0.5) is 0 Å². The van der Waals surface area contributed by atoms with Crippen LogP contribution >= 0.6 is 11.8 Å². The third-order valence-electron chi connectivity index (χ3n) is 5.07. The van der Waals surface area contributed by atoms with Crippen molar-refractivity contribution in [3.63, 3.8) is 0 Å². The van der Waals surface area contributed by atoms with Crippen molar-refractivity contribution in [1.29, 1.82) is 5.26 Å². The van der Waals surface area contributed by atoms with Crippen LogP contribution in [0.3, 0.4) is 0 Å². The van der Waals surface area contributed by atoms with Gasteiger partial charge in [0.25, 0.3) is 0 Å². The first-order valence-corrected chi connectivity index (χ1v) is 11.4. The number of hydrogen-bond donors (Lipinski definition) is 2. The predicted molar refractivity (Wildman–Crippen MR) is 127 cm³/mol. The highest BCUT2D eigenvalue weighted by Gasteiger charge is 2.25. The van der Waals surface area contributed by atoms with Gasteiger partial charge in [0, 0.05) is 30.6 Å². The molecule has 31 heavy (non-hydrogen) atoms. The number of hydrogen-bond acceptors (Lipinski definition) is 7. The van der Waals surface area contributed by atoms with Crippen LogP contribution in [-0.4, -0.2) is 36.1 Å². The van der Waals surface area contributed by atoms with Crippen LogP contribution in [0.2, 0.25) is 0 Å². The molecule has 3 rings (SSSR count). The van der Waals surface area contributed by atoms with Crippen molar-refractivity contribution in [2.24, 2.45) is 10.2 Å². The van der Waals surface area contributed by atoms with Gasteiger partial charge in [-0.2, -0.15) is 10.4 Å². The van der Waals surface area contributed by atoms with Crippen LogP contribution in [0, 0.1) is 11.3 Å². The zero-order valence-corrected chi connectivity index (χ0v) is 18.8. The highest BCUT2D eigenvalue weighted by Crippen LogP contribution is 2.35. The smallest absolute Gasteiger partial charge is 0.137 e. The van der Waals surface area contributed by atoms with E-state index in [0.717, 1.165) is 29.0 Å². The molecule has 0 saturated heterocycles. The molecule has 0 radical (unpaired) electrons. The molecule has 0 saturated carbocycles. The van der Waals surface area contributed by atoms with Crippen LogP contribution in [-0.2, 0) is 12.2 Å². The van der Waals surface area contributed by atoms with Crippen molar-refractivity contribution < 1.29 is 9.84 Å². The largest absolute Gasteiger partial charge is 0.490 e. The van der Waals surface area contributed by atoms with Crippen molar-refractivity contribution in [1.82, 2.24) is 5.32 Å². The Hall–Kier alpha value is -2.66. The average molecular weight is 437 g/mol. The maximum atomic E-state index is 9.48. The summed E-state index contributed by atoms with van der Waals surface area (Å²) in [6.07, 6.45) is 1.96. The summed E-state index contributed by atoms with van der Waals surface area (Å²) in [7, 11) is 0. The second-order valence-corrected chi connectivity index (χ2v) is 8.55. The molecule has 2 N–H and O–H groups in total. The highest BCUT2D eigenvalue weighted by molar-refractivity contribution is 8.13. The van der Waals surface area contributed by atoms with E-state index in [-0.39, 0.29) is 18.8 Å². The molecule has 0 spiro atoms. The lowest BCUT2D eigenvalue weighted by Gasteiger charge is -2.15. The fourth-order valence-electron chi connectivity index (χ4n) is 3.79. The number of ether oxygens (including phenoxy) is 1. The van der Waals surface area contributed by atoms with E-state index >= 15 is 0 Å². The SMILES string of the molecule is C=N/N=C(\SCc1ccc(OC(C)C)c(C#N)c1)c1cccc2c1CCC2NCCO. The zero-order valence-electron chi connectivity index (χ0n) is 18.0. The van der Waals surface area contributed by atoms with E-state index in [9.17, 15) is 5.26 Å². The Balaban J connectivity index is 1.80. The number of aliphatic hydroxyl groups is 1. The molecule has 0 aliphatic heterocycles. The van der Waals surface area contributed by atoms with Gasteiger partial charge >= 0.3 is 0 Å². The van der Waals surface area contributed by atoms with Crippen molar-refractivity contribution in [2.75, 3.05) is 13.2 Å². The molecule has 2 aromatic carbocycles. The lowest BCUT2D eigenvalue weighted by Crippen LogP contribution is -2.22. The third-order valence-corrected chi connectivity index (χ3v) is 6.12. The Morgan fingerprint density at radius 2 is 2.23 bits per heavy atom. The van der Waals surface area contributed by atoms with Crippen LogP contribution in [0.25, 0.3) is 0 Å². The van der Waals surface area contributed by atoms with Crippen molar-refractivity contribution in [3.8, 4) is 11.8 Å². The number of aliphatic hydroxyl groups excluding tert-OH is 1. The molecular weight excluding hydrogens is 408 g/mol. The first kappa shape index (κ1) is 23.0. The van der Waals surface area contributed by atoms with Gasteiger partial charge in [0.05, 0.1) is 18.3 Å². The molecule has 1 atom stereocenters. The van der Waals surface area contributed by atoms with Crippen molar-refractivity contribution >= 4 is 23.5 Å². The van der Waals surface area contributed by atoms with E-state index in [1.165, 1.54) is 11.1 Å². The minimum absolute atomic E-state index is 0.0144. The van der Waals surface area contributed by atoms with Gasteiger partial charge < -0.3 is 15.2 Å². The maximum Gasteiger partial charge on any atom is 0.137 e. The molecule has 0 aromatic heterocycles. The number of nitrogens with one attached hydrogen (secondary N) is 1. The second kappa shape index (κ2) is 11.1. The summed E-state index contributed by atoms with van der Waals surface area (Å²) in [5.41, 5.74) is 5.15. The number of thioether (sulfide) groups is 1. The van der Waals surface area contributed by atoms with E-state index < -0.39 is 0 Å². The van der Waals surface area contributed by atoms with E-state index in [4.69, 9.17) is 9.84 Å². The molecule has 0 heterocycles.